The molecule has 1 atom stereocenters. The van der Waals surface area contributed by atoms with Crippen molar-refractivity contribution in [1.29, 1.82) is 0 Å². The fourth-order valence-corrected chi connectivity index (χ4v) is 2.18. The van der Waals surface area contributed by atoms with E-state index < -0.39 is 0 Å². The third-order valence-corrected chi connectivity index (χ3v) is 3.13. The van der Waals surface area contributed by atoms with Gasteiger partial charge in [-0.1, -0.05) is 46.0 Å². The zero-order valence-corrected chi connectivity index (χ0v) is 11.2. The average Bonchev–Trinajstić information content (AvgIpc) is 2.62. The Morgan fingerprint density at radius 1 is 1.12 bits per heavy atom. The van der Waals surface area contributed by atoms with E-state index in [1.54, 1.807) is 6.21 Å². The molecule has 1 rings (SSSR count). The van der Waals surface area contributed by atoms with E-state index in [2.05, 4.69) is 35.7 Å². The van der Waals surface area contributed by atoms with E-state index in [9.17, 15) is 0 Å². The summed E-state index contributed by atoms with van der Waals surface area (Å²) in [6.07, 6.45) is 14.8. The van der Waals surface area contributed by atoms with Gasteiger partial charge in [-0.2, -0.15) is 15.7 Å². The zero-order valence-electron chi connectivity index (χ0n) is 11.2. The molecule has 3 nitrogen and oxygen atoms in total. The molecule has 0 fully saturated rings. The molecule has 0 aliphatic carbocycles. The molecule has 1 aliphatic rings. The van der Waals surface area contributed by atoms with Gasteiger partial charge in [0.2, 0.25) is 0 Å². The van der Waals surface area contributed by atoms with Crippen LogP contribution in [0.2, 0.25) is 0 Å². The van der Waals surface area contributed by atoms with Gasteiger partial charge in [-0.25, -0.2) is 0 Å². The largest absolute Gasteiger partial charge is 0.198 e. The van der Waals surface area contributed by atoms with Crippen LogP contribution in [0, 0.1) is 5.92 Å². The van der Waals surface area contributed by atoms with Crippen LogP contribution in [0.15, 0.2) is 22.4 Å². The van der Waals surface area contributed by atoms with Crippen molar-refractivity contribution in [2.75, 3.05) is 0 Å². The molecular formula is C14H25N3. The van der Waals surface area contributed by atoms with E-state index in [-0.39, 0.29) is 0 Å². The Labute approximate surface area is 105 Å². The molecule has 1 heterocycles. The Kier molecular flexibility index (Phi) is 7.35. The van der Waals surface area contributed by atoms with Gasteiger partial charge in [-0.15, -0.1) is 0 Å². The highest BCUT2D eigenvalue weighted by Crippen LogP contribution is 2.19. The van der Waals surface area contributed by atoms with Crippen molar-refractivity contribution in [2.24, 2.45) is 16.1 Å². The van der Waals surface area contributed by atoms with Gasteiger partial charge < -0.3 is 0 Å². The Morgan fingerprint density at radius 3 is 2.76 bits per heavy atom. The number of unbranched alkanes of at least 4 members (excludes halogenated alkanes) is 3. The summed E-state index contributed by atoms with van der Waals surface area (Å²) in [6, 6.07) is 0. The van der Waals surface area contributed by atoms with E-state index in [0.717, 1.165) is 5.71 Å². The van der Waals surface area contributed by atoms with Crippen LogP contribution >= 0.6 is 0 Å². The molecule has 0 aromatic carbocycles. The van der Waals surface area contributed by atoms with Gasteiger partial charge in [-0.05, 0) is 25.0 Å². The van der Waals surface area contributed by atoms with Crippen molar-refractivity contribution >= 4 is 11.9 Å². The minimum atomic E-state index is 0.585. The monoisotopic (exact) mass is 235 g/mol. The molecule has 1 unspecified atom stereocenters. The van der Waals surface area contributed by atoms with Crippen LogP contribution in [0.4, 0.5) is 0 Å². The third-order valence-electron chi connectivity index (χ3n) is 3.13. The van der Waals surface area contributed by atoms with Crippen molar-refractivity contribution in [3.8, 4) is 0 Å². The van der Waals surface area contributed by atoms with E-state index in [4.69, 9.17) is 0 Å². The SMILES string of the molecule is CCCCCCC(CCC)C1=NNN=CC=C1. The lowest BCUT2D eigenvalue weighted by atomic mass is 9.91. The summed E-state index contributed by atoms with van der Waals surface area (Å²) in [6.45, 7) is 4.49. The lowest BCUT2D eigenvalue weighted by molar-refractivity contribution is 0.517. The molecule has 0 aromatic rings. The Bertz CT molecular complexity index is 279. The normalized spacial score (nSPS) is 16.2. The van der Waals surface area contributed by atoms with Crippen molar-refractivity contribution in [1.82, 2.24) is 5.53 Å². The topological polar surface area (TPSA) is 36.8 Å². The number of nitrogens with one attached hydrogen (secondary N) is 1. The smallest absolute Gasteiger partial charge is 0.0655 e. The van der Waals surface area contributed by atoms with Crippen LogP contribution in [0.1, 0.15) is 58.8 Å². The number of allylic oxidation sites excluding steroid dienone is 2. The van der Waals surface area contributed by atoms with Gasteiger partial charge in [0.15, 0.2) is 0 Å². The average molecular weight is 235 g/mol. The first-order chi connectivity index (χ1) is 8.38. The second-order valence-electron chi connectivity index (χ2n) is 4.61. The lowest BCUT2D eigenvalue weighted by Crippen LogP contribution is -2.14. The van der Waals surface area contributed by atoms with Crippen LogP contribution in [0.3, 0.4) is 0 Å². The van der Waals surface area contributed by atoms with Crippen LogP contribution in [-0.2, 0) is 0 Å². The third kappa shape index (κ3) is 5.66. The summed E-state index contributed by atoms with van der Waals surface area (Å²) in [5, 5.41) is 8.25. The molecule has 1 aliphatic heterocycles. The van der Waals surface area contributed by atoms with Crippen LogP contribution in [-0.4, -0.2) is 11.9 Å². The van der Waals surface area contributed by atoms with Crippen molar-refractivity contribution in [3.05, 3.63) is 12.2 Å². The Morgan fingerprint density at radius 2 is 2.00 bits per heavy atom. The fraction of sp³-hybridized carbons (Fsp3) is 0.714. The summed E-state index contributed by atoms with van der Waals surface area (Å²) in [5.41, 5.74) is 3.89. The molecule has 0 bridgehead atoms. The van der Waals surface area contributed by atoms with Gasteiger partial charge >= 0.3 is 0 Å². The lowest BCUT2D eigenvalue weighted by Gasteiger charge is -2.15. The number of hydrazone groups is 2. The van der Waals surface area contributed by atoms with Crippen molar-refractivity contribution in [2.45, 2.75) is 58.8 Å². The summed E-state index contributed by atoms with van der Waals surface area (Å²) < 4.78 is 0. The van der Waals surface area contributed by atoms with Crippen LogP contribution < -0.4 is 5.53 Å². The van der Waals surface area contributed by atoms with E-state index in [1.807, 2.05) is 6.08 Å². The number of nitrogens with zero attached hydrogens (tertiary/aromatic N) is 2. The van der Waals surface area contributed by atoms with Gasteiger partial charge in [0, 0.05) is 12.1 Å². The summed E-state index contributed by atoms with van der Waals surface area (Å²) in [4.78, 5) is 0. The molecule has 0 saturated carbocycles. The first-order valence-electron chi connectivity index (χ1n) is 6.90. The van der Waals surface area contributed by atoms with Crippen LogP contribution in [0.5, 0.6) is 0 Å². The fourth-order valence-electron chi connectivity index (χ4n) is 2.18. The number of rotatable bonds is 8. The summed E-state index contributed by atoms with van der Waals surface area (Å²) in [5.74, 6) is 0.585. The van der Waals surface area contributed by atoms with E-state index in [0.29, 0.717) is 5.92 Å². The molecule has 0 saturated heterocycles. The first kappa shape index (κ1) is 13.9. The highest BCUT2D eigenvalue weighted by atomic mass is 15.5. The summed E-state index contributed by atoms with van der Waals surface area (Å²) in [7, 11) is 0. The molecule has 96 valence electrons. The maximum Gasteiger partial charge on any atom is 0.0655 e. The highest BCUT2D eigenvalue weighted by Gasteiger charge is 2.13. The van der Waals surface area contributed by atoms with Gasteiger partial charge in [-0.3, -0.25) is 0 Å². The second-order valence-corrected chi connectivity index (χ2v) is 4.61. The second kappa shape index (κ2) is 8.97. The van der Waals surface area contributed by atoms with E-state index >= 15 is 0 Å². The van der Waals surface area contributed by atoms with Gasteiger partial charge in [0.25, 0.3) is 0 Å². The van der Waals surface area contributed by atoms with Crippen molar-refractivity contribution < 1.29 is 0 Å². The summed E-state index contributed by atoms with van der Waals surface area (Å²) >= 11 is 0. The standard InChI is InChI=1S/C14H25N3/c1-3-5-6-7-10-13(9-4-2)14-11-8-12-15-17-16-14/h8,11-13,17H,3-7,9-10H2,1-2H3. The Hall–Kier alpha value is -1.12. The molecule has 1 N–H and O–H groups in total. The predicted molar refractivity (Wildman–Crippen MR) is 75.4 cm³/mol. The quantitative estimate of drug-likeness (QED) is 0.637. The molecule has 17 heavy (non-hydrogen) atoms. The minimum Gasteiger partial charge on any atom is -0.198 e. The molecule has 0 amide bonds. The van der Waals surface area contributed by atoms with E-state index in [1.165, 1.54) is 44.9 Å². The molecule has 0 aromatic heterocycles. The maximum atomic E-state index is 4.32. The number of hydrogen-bond donors (Lipinski definition) is 1. The van der Waals surface area contributed by atoms with Gasteiger partial charge in [0.05, 0.1) is 5.71 Å². The Balaban J connectivity index is 2.43. The zero-order chi connectivity index (χ0) is 12.3. The minimum absolute atomic E-state index is 0.585. The van der Waals surface area contributed by atoms with Gasteiger partial charge in [0.1, 0.15) is 0 Å². The predicted octanol–water partition coefficient (Wildman–Crippen LogP) is 3.87. The molecular weight excluding hydrogens is 210 g/mol. The molecule has 0 spiro atoms. The van der Waals surface area contributed by atoms with Crippen LogP contribution in [0.25, 0.3) is 0 Å². The molecule has 3 heteroatoms. The molecule has 0 radical (unpaired) electrons. The van der Waals surface area contributed by atoms with Crippen molar-refractivity contribution in [3.63, 3.8) is 0 Å². The maximum absolute atomic E-state index is 4.32. The highest BCUT2D eigenvalue weighted by molar-refractivity contribution is 5.99. The number of hydrogen-bond acceptors (Lipinski definition) is 3. The first-order valence-corrected chi connectivity index (χ1v) is 6.90.